The van der Waals surface area contributed by atoms with Gasteiger partial charge in [-0.3, -0.25) is 4.79 Å². The van der Waals surface area contributed by atoms with Crippen LogP contribution in [0.2, 0.25) is 0 Å². The van der Waals surface area contributed by atoms with Gasteiger partial charge in [0.25, 0.3) is 5.91 Å². The highest BCUT2D eigenvalue weighted by Crippen LogP contribution is 2.56. The van der Waals surface area contributed by atoms with Crippen molar-refractivity contribution in [1.29, 1.82) is 0 Å². The molecule has 120 valence electrons. The smallest absolute Gasteiger partial charge is 0.260 e. The Balaban J connectivity index is 1.54. The van der Waals surface area contributed by atoms with E-state index in [1.54, 1.807) is 6.20 Å². The van der Waals surface area contributed by atoms with Gasteiger partial charge >= 0.3 is 0 Å². The number of piperidine rings is 1. The molecular weight excluding hydrogens is 384 g/mol. The Morgan fingerprint density at radius 2 is 2.35 bits per heavy atom. The van der Waals surface area contributed by atoms with Crippen LogP contribution in [0.15, 0.2) is 33.7 Å². The van der Waals surface area contributed by atoms with Crippen molar-refractivity contribution in [2.24, 2.45) is 0 Å². The quantitative estimate of drug-likeness (QED) is 0.637. The van der Waals surface area contributed by atoms with Crippen molar-refractivity contribution in [2.75, 3.05) is 4.42 Å². The zero-order valence-electron chi connectivity index (χ0n) is 12.3. The molecule has 1 saturated heterocycles. The van der Waals surface area contributed by atoms with Crippen LogP contribution >= 0.6 is 27.7 Å². The summed E-state index contributed by atoms with van der Waals surface area (Å²) in [4.78, 5) is 21.0. The molecule has 0 bridgehead atoms. The third-order valence-electron chi connectivity index (χ3n) is 4.68. The minimum Gasteiger partial charge on any atom is -0.448 e. The maximum Gasteiger partial charge on any atom is 0.260 e. The topological polar surface area (TPSA) is 71.3 Å². The van der Waals surface area contributed by atoms with Crippen LogP contribution in [-0.2, 0) is 10.2 Å². The normalized spacial score (nSPS) is 28.5. The number of halogens is 2. The predicted octanol–water partition coefficient (Wildman–Crippen LogP) is 2.70. The second-order valence-electron chi connectivity index (χ2n) is 6.10. The Labute approximate surface area is 146 Å². The Morgan fingerprint density at radius 1 is 1.52 bits per heavy atom. The Hall–Kier alpha value is -1.44. The molecule has 2 aromatic heterocycles. The van der Waals surface area contributed by atoms with Crippen LogP contribution in [0.1, 0.15) is 24.2 Å². The van der Waals surface area contributed by atoms with Crippen molar-refractivity contribution in [2.45, 2.75) is 37.3 Å². The molecule has 2 fully saturated rings. The van der Waals surface area contributed by atoms with Crippen molar-refractivity contribution in [3.8, 4) is 0 Å². The van der Waals surface area contributed by atoms with Gasteiger partial charge in [-0.25, -0.2) is 14.4 Å². The van der Waals surface area contributed by atoms with Crippen molar-refractivity contribution in [1.82, 2.24) is 15.3 Å². The van der Waals surface area contributed by atoms with Crippen LogP contribution < -0.4 is 9.74 Å². The van der Waals surface area contributed by atoms with Crippen molar-refractivity contribution >= 4 is 39.4 Å². The van der Waals surface area contributed by atoms with Gasteiger partial charge in [0.15, 0.2) is 12.2 Å². The Kier molecular flexibility index (Phi) is 3.48. The lowest BCUT2D eigenvalue weighted by molar-refractivity contribution is -0.119. The number of pyridine rings is 1. The summed E-state index contributed by atoms with van der Waals surface area (Å²) >= 11 is 9.58. The molecule has 2 aliphatic rings. The zero-order chi connectivity index (χ0) is 16.2. The minimum absolute atomic E-state index is 0.117. The summed E-state index contributed by atoms with van der Waals surface area (Å²) in [5, 5.41) is 3.34. The van der Waals surface area contributed by atoms with Crippen LogP contribution in [0.3, 0.4) is 0 Å². The first kappa shape index (κ1) is 15.1. The molecular formula is C15H14BrClN4O2. The Morgan fingerprint density at radius 3 is 3.09 bits per heavy atom. The number of carbonyl (C=O) groups is 1. The van der Waals surface area contributed by atoms with Crippen LogP contribution in [0.5, 0.6) is 0 Å². The number of aromatic nitrogens is 2. The Bertz CT molecular complexity index is 769. The number of aryl methyl sites for hydroxylation is 1. The highest BCUT2D eigenvalue weighted by atomic mass is 79.9. The van der Waals surface area contributed by atoms with Gasteiger partial charge in [0, 0.05) is 23.2 Å². The summed E-state index contributed by atoms with van der Waals surface area (Å²) in [7, 11) is 0. The molecule has 6 nitrogen and oxygen atoms in total. The fourth-order valence-corrected chi connectivity index (χ4v) is 3.93. The van der Waals surface area contributed by atoms with Crippen LogP contribution in [0, 0.1) is 6.92 Å². The second-order valence-corrected chi connectivity index (χ2v) is 7.25. The van der Waals surface area contributed by atoms with Crippen molar-refractivity contribution in [3.63, 3.8) is 0 Å². The van der Waals surface area contributed by atoms with E-state index in [0.717, 1.165) is 22.2 Å². The summed E-state index contributed by atoms with van der Waals surface area (Å²) in [5.74, 6) is 1.08. The summed E-state index contributed by atoms with van der Waals surface area (Å²) in [6, 6.07) is 3.57. The number of hydrogen-bond donors (Lipinski definition) is 1. The number of amides is 1. The van der Waals surface area contributed by atoms with Gasteiger partial charge < -0.3 is 9.73 Å². The molecule has 3 atom stereocenters. The molecule has 1 N–H and O–H groups in total. The lowest BCUT2D eigenvalue weighted by atomic mass is 9.97. The molecule has 0 aromatic carbocycles. The SMILES string of the molecule is Cc1ccc(Br)nc1N(Cl)C(=O)[C@@H]1C[C@@]2(c3cnco3)C[C@H]2N1. The second kappa shape index (κ2) is 5.29. The van der Waals surface area contributed by atoms with E-state index < -0.39 is 0 Å². The number of oxazole rings is 1. The largest absolute Gasteiger partial charge is 0.448 e. The van der Waals surface area contributed by atoms with Gasteiger partial charge in [-0.2, -0.15) is 0 Å². The number of fused-ring (bicyclic) bond motifs is 1. The summed E-state index contributed by atoms with van der Waals surface area (Å²) in [5.41, 5.74) is 0.721. The van der Waals surface area contributed by atoms with E-state index in [0.29, 0.717) is 16.8 Å². The van der Waals surface area contributed by atoms with Crippen LogP contribution in [0.25, 0.3) is 0 Å². The first-order valence-electron chi connectivity index (χ1n) is 7.29. The third kappa shape index (κ3) is 2.38. The van der Waals surface area contributed by atoms with Gasteiger partial charge in [-0.05, 0) is 47.3 Å². The standard InChI is InChI=1S/C15H14BrClN4O2/c1-8-2-3-12(16)20-13(8)21(17)14(22)9-4-15(5-10(15)19-9)11-6-18-7-23-11/h2-3,6-7,9-10,19H,4-5H2,1H3/t9-,10+,15+/m0/s1. The monoisotopic (exact) mass is 396 g/mol. The summed E-state index contributed by atoms with van der Waals surface area (Å²) < 4.78 is 7.19. The van der Waals surface area contributed by atoms with Crippen molar-refractivity contribution in [3.05, 3.63) is 40.7 Å². The molecule has 0 unspecified atom stereocenters. The molecule has 1 saturated carbocycles. The number of hydrogen-bond acceptors (Lipinski definition) is 5. The van der Waals surface area contributed by atoms with Gasteiger partial charge in [-0.1, -0.05) is 6.07 Å². The van der Waals surface area contributed by atoms with E-state index in [9.17, 15) is 4.79 Å². The highest BCUT2D eigenvalue weighted by molar-refractivity contribution is 9.10. The van der Waals surface area contributed by atoms with Gasteiger partial charge in [0.05, 0.1) is 12.2 Å². The van der Waals surface area contributed by atoms with E-state index in [1.165, 1.54) is 6.39 Å². The lowest BCUT2D eigenvalue weighted by Crippen LogP contribution is -2.41. The van der Waals surface area contributed by atoms with Crippen LogP contribution in [-0.4, -0.2) is 28.0 Å². The average Bonchev–Trinajstić information content (AvgIpc) is 2.97. The predicted molar refractivity (Wildman–Crippen MR) is 88.1 cm³/mol. The molecule has 8 heteroatoms. The molecule has 0 radical (unpaired) electrons. The van der Waals surface area contributed by atoms with E-state index >= 15 is 0 Å². The van der Waals surface area contributed by atoms with Crippen LogP contribution in [0.4, 0.5) is 5.82 Å². The highest BCUT2D eigenvalue weighted by Gasteiger charge is 2.64. The number of rotatable bonds is 3. The third-order valence-corrected chi connectivity index (χ3v) is 5.45. The zero-order valence-corrected chi connectivity index (χ0v) is 14.6. The molecule has 1 aliphatic carbocycles. The maximum absolute atomic E-state index is 12.7. The number of nitrogens with one attached hydrogen (secondary N) is 1. The van der Waals surface area contributed by atoms with E-state index in [-0.39, 0.29) is 23.4 Å². The number of anilines is 1. The molecule has 0 spiro atoms. The first-order chi connectivity index (χ1) is 11.0. The molecule has 4 rings (SSSR count). The minimum atomic E-state index is -0.350. The average molecular weight is 398 g/mol. The summed E-state index contributed by atoms with van der Waals surface area (Å²) in [6.07, 6.45) is 4.77. The van der Waals surface area contributed by atoms with E-state index in [2.05, 4.69) is 31.2 Å². The maximum atomic E-state index is 12.7. The van der Waals surface area contributed by atoms with Crippen molar-refractivity contribution < 1.29 is 9.21 Å². The first-order valence-corrected chi connectivity index (χ1v) is 8.42. The molecule has 2 aromatic rings. The fraction of sp³-hybridized carbons (Fsp3) is 0.400. The molecule has 1 amide bonds. The fourth-order valence-electron chi connectivity index (χ4n) is 3.34. The van der Waals surface area contributed by atoms with Gasteiger partial charge in [0.1, 0.15) is 10.4 Å². The van der Waals surface area contributed by atoms with Gasteiger partial charge in [-0.15, -0.1) is 0 Å². The molecule has 1 aliphatic heterocycles. The summed E-state index contributed by atoms with van der Waals surface area (Å²) in [6.45, 7) is 1.87. The number of carbonyl (C=O) groups excluding carboxylic acids is 1. The molecule has 23 heavy (non-hydrogen) atoms. The van der Waals surface area contributed by atoms with E-state index in [4.69, 9.17) is 16.2 Å². The lowest BCUT2D eigenvalue weighted by Gasteiger charge is -2.21. The van der Waals surface area contributed by atoms with Gasteiger partial charge in [0.2, 0.25) is 0 Å². The number of nitrogens with zero attached hydrogens (tertiary/aromatic N) is 3. The molecule has 3 heterocycles. The van der Waals surface area contributed by atoms with E-state index in [1.807, 2.05) is 19.1 Å².